The highest BCUT2D eigenvalue weighted by atomic mass is 16.3. The third kappa shape index (κ3) is 6.78. The molecule has 60 heavy (non-hydrogen) atoms. The Bertz CT molecular complexity index is 3170. The summed E-state index contributed by atoms with van der Waals surface area (Å²) >= 11 is 0. The molecule has 0 saturated heterocycles. The monoisotopic (exact) mass is 775 g/mol. The molecule has 0 bridgehead atoms. The first-order chi connectivity index (χ1) is 29.7. The molecule has 1 aliphatic rings. The highest BCUT2D eigenvalue weighted by Gasteiger charge is 2.21. The summed E-state index contributed by atoms with van der Waals surface area (Å²) in [4.78, 5) is 2.43. The van der Waals surface area contributed by atoms with Gasteiger partial charge in [0.05, 0.1) is 0 Å². The molecule has 2 heterocycles. The smallest absolute Gasteiger partial charge is 0.143 e. The van der Waals surface area contributed by atoms with E-state index in [0.717, 1.165) is 85.6 Å². The summed E-state index contributed by atoms with van der Waals surface area (Å²) in [6.07, 6.45) is 7.57. The van der Waals surface area contributed by atoms with Gasteiger partial charge in [0.1, 0.15) is 22.3 Å². The second kappa shape index (κ2) is 16.1. The lowest BCUT2D eigenvalue weighted by atomic mass is 9.90. The van der Waals surface area contributed by atoms with Crippen LogP contribution < -0.4 is 4.90 Å². The third-order valence-corrected chi connectivity index (χ3v) is 11.7. The summed E-state index contributed by atoms with van der Waals surface area (Å²) < 4.78 is 12.9. The van der Waals surface area contributed by atoms with E-state index in [1.54, 1.807) is 0 Å². The van der Waals surface area contributed by atoms with Crippen LogP contribution in [0.3, 0.4) is 0 Å². The zero-order chi connectivity index (χ0) is 40.4. The molecule has 0 radical (unpaired) electrons. The van der Waals surface area contributed by atoms with Crippen molar-refractivity contribution in [2.45, 2.75) is 33.1 Å². The van der Waals surface area contributed by atoms with E-state index in [-0.39, 0.29) is 0 Å². The SMILES string of the molecule is C1=C(c2cc3oc4ccccc4c3cc2-c2ccccc2)CCCC(N(c2ccc(-c3ccccc3)cc2)c2ccc(-c3cccc4c3oc3ccccc34)cc2)=C1.CC. The number of nitrogens with zero attached hydrogens (tertiary/aromatic N) is 1. The lowest BCUT2D eigenvalue weighted by molar-refractivity contribution is 0.668. The largest absolute Gasteiger partial charge is 0.456 e. The standard InChI is InChI=1S/C55H39NO2.C2H6/c1-3-13-37(14-4-1)38-25-30-43(31-26-38)56(44-33-28-41(29-34-44)45-21-12-22-48-46-19-7-10-24-53(46)58-55(45)48)42-18-11-17-40(27-32-42)50-36-54-51(47-20-8-9-23-52(47)57-54)35-49(50)39-15-5-2-6-16-39;1-2/h1-10,12-16,19-36H,11,17-18H2;1-2H3. The minimum absolute atomic E-state index is 0.910. The maximum Gasteiger partial charge on any atom is 0.143 e. The second-order valence-corrected chi connectivity index (χ2v) is 15.1. The number of allylic oxidation sites excluding steroid dienone is 4. The molecule has 0 fully saturated rings. The van der Waals surface area contributed by atoms with Crippen LogP contribution in [0.15, 0.2) is 215 Å². The van der Waals surface area contributed by atoms with Crippen molar-refractivity contribution >= 4 is 60.8 Å². The number of fused-ring (bicyclic) bond motifs is 6. The van der Waals surface area contributed by atoms with Gasteiger partial charge in [0.2, 0.25) is 0 Å². The van der Waals surface area contributed by atoms with Crippen LogP contribution in [0, 0.1) is 0 Å². The number of hydrogen-bond acceptors (Lipinski definition) is 3. The number of rotatable bonds is 7. The molecule has 3 heteroatoms. The maximum absolute atomic E-state index is 6.45. The van der Waals surface area contributed by atoms with Gasteiger partial charge in [-0.05, 0) is 113 Å². The molecule has 1 aliphatic carbocycles. The Morgan fingerprint density at radius 3 is 1.63 bits per heavy atom. The van der Waals surface area contributed by atoms with Crippen molar-refractivity contribution in [1.29, 1.82) is 0 Å². The van der Waals surface area contributed by atoms with Crippen LogP contribution in [-0.2, 0) is 0 Å². The lowest BCUT2D eigenvalue weighted by Gasteiger charge is -2.28. The fourth-order valence-electron chi connectivity index (χ4n) is 8.81. The Kier molecular flexibility index (Phi) is 9.93. The van der Waals surface area contributed by atoms with Crippen LogP contribution in [0.5, 0.6) is 0 Å². The first kappa shape index (κ1) is 36.9. The Balaban J connectivity index is 0.00000213. The minimum Gasteiger partial charge on any atom is -0.456 e. The Hall–Kier alpha value is -7.36. The molecule has 10 aromatic rings. The van der Waals surface area contributed by atoms with E-state index in [4.69, 9.17) is 8.83 Å². The van der Waals surface area contributed by atoms with Gasteiger partial charge in [0, 0.05) is 44.2 Å². The second-order valence-electron chi connectivity index (χ2n) is 15.1. The average Bonchev–Trinajstić information content (AvgIpc) is 3.79. The van der Waals surface area contributed by atoms with Crippen LogP contribution in [0.25, 0.3) is 82.8 Å². The molecular formula is C57H45NO2. The molecule has 0 spiro atoms. The molecule has 0 aliphatic heterocycles. The van der Waals surface area contributed by atoms with Crippen LogP contribution in [0.4, 0.5) is 11.4 Å². The zero-order valence-corrected chi connectivity index (χ0v) is 33.9. The van der Waals surface area contributed by atoms with Gasteiger partial charge in [0.25, 0.3) is 0 Å². The Morgan fingerprint density at radius 1 is 0.383 bits per heavy atom. The number of hydrogen-bond donors (Lipinski definition) is 0. The van der Waals surface area contributed by atoms with Crippen LogP contribution in [0.1, 0.15) is 38.7 Å². The van der Waals surface area contributed by atoms with Crippen LogP contribution >= 0.6 is 0 Å². The molecule has 0 unspecified atom stereocenters. The summed E-state index contributed by atoms with van der Waals surface area (Å²) in [5.74, 6) is 0. The minimum atomic E-state index is 0.910. The van der Waals surface area contributed by atoms with Crippen LogP contribution in [0.2, 0.25) is 0 Å². The van der Waals surface area contributed by atoms with E-state index in [0.29, 0.717) is 0 Å². The van der Waals surface area contributed by atoms with E-state index < -0.39 is 0 Å². The van der Waals surface area contributed by atoms with E-state index in [1.165, 1.54) is 39.1 Å². The van der Waals surface area contributed by atoms with E-state index in [2.05, 4.69) is 187 Å². The highest BCUT2D eigenvalue weighted by molar-refractivity contribution is 6.10. The molecule has 0 saturated carbocycles. The summed E-state index contributed by atoms with van der Waals surface area (Å²) in [6.45, 7) is 4.00. The topological polar surface area (TPSA) is 29.5 Å². The summed E-state index contributed by atoms with van der Waals surface area (Å²) in [5, 5.41) is 4.57. The van der Waals surface area contributed by atoms with Crippen molar-refractivity contribution in [3.8, 4) is 33.4 Å². The molecule has 3 nitrogen and oxygen atoms in total. The molecule has 0 N–H and O–H groups in total. The van der Waals surface area contributed by atoms with Gasteiger partial charge < -0.3 is 13.7 Å². The predicted octanol–water partition coefficient (Wildman–Crippen LogP) is 16.8. The van der Waals surface area contributed by atoms with Crippen molar-refractivity contribution in [1.82, 2.24) is 0 Å². The van der Waals surface area contributed by atoms with Gasteiger partial charge in [-0.2, -0.15) is 0 Å². The molecular weight excluding hydrogens is 731 g/mol. The number of anilines is 2. The van der Waals surface area contributed by atoms with Crippen molar-refractivity contribution in [3.63, 3.8) is 0 Å². The average molecular weight is 776 g/mol. The first-order valence-electron chi connectivity index (χ1n) is 21.1. The van der Waals surface area contributed by atoms with Gasteiger partial charge in [-0.1, -0.05) is 159 Å². The van der Waals surface area contributed by atoms with Gasteiger partial charge in [-0.25, -0.2) is 0 Å². The number of furan rings is 2. The summed E-state index contributed by atoms with van der Waals surface area (Å²) in [7, 11) is 0. The summed E-state index contributed by atoms with van der Waals surface area (Å²) in [6, 6.07) is 67.0. The first-order valence-corrected chi connectivity index (χ1v) is 21.1. The zero-order valence-electron chi connectivity index (χ0n) is 33.9. The molecule has 0 atom stereocenters. The fraction of sp³-hybridized carbons (Fsp3) is 0.0877. The molecule has 8 aromatic carbocycles. The summed E-state index contributed by atoms with van der Waals surface area (Å²) in [5.41, 5.74) is 16.8. The van der Waals surface area contributed by atoms with Gasteiger partial charge in [0.15, 0.2) is 0 Å². The van der Waals surface area contributed by atoms with Gasteiger partial charge in [-0.3, -0.25) is 0 Å². The normalized spacial score (nSPS) is 12.8. The third-order valence-electron chi connectivity index (χ3n) is 11.7. The quantitative estimate of drug-likeness (QED) is 0.161. The Morgan fingerprint density at radius 2 is 0.933 bits per heavy atom. The van der Waals surface area contributed by atoms with Gasteiger partial charge >= 0.3 is 0 Å². The van der Waals surface area contributed by atoms with Crippen LogP contribution in [-0.4, -0.2) is 0 Å². The molecule has 2 aromatic heterocycles. The molecule has 11 rings (SSSR count). The molecule has 290 valence electrons. The maximum atomic E-state index is 6.45. The van der Waals surface area contributed by atoms with Crippen molar-refractivity contribution in [2.75, 3.05) is 4.90 Å². The lowest BCUT2D eigenvalue weighted by Crippen LogP contribution is -2.16. The Labute approximate surface area is 351 Å². The van der Waals surface area contributed by atoms with Crippen molar-refractivity contribution in [2.24, 2.45) is 0 Å². The van der Waals surface area contributed by atoms with Crippen molar-refractivity contribution < 1.29 is 8.83 Å². The van der Waals surface area contributed by atoms with E-state index in [1.807, 2.05) is 32.0 Å². The van der Waals surface area contributed by atoms with Crippen molar-refractivity contribution in [3.05, 3.63) is 211 Å². The number of para-hydroxylation sites is 3. The molecule has 0 amide bonds. The van der Waals surface area contributed by atoms with E-state index in [9.17, 15) is 0 Å². The van der Waals surface area contributed by atoms with E-state index >= 15 is 0 Å². The highest BCUT2D eigenvalue weighted by Crippen LogP contribution is 2.42. The fourth-order valence-corrected chi connectivity index (χ4v) is 8.81. The number of benzene rings is 8. The van der Waals surface area contributed by atoms with Gasteiger partial charge in [-0.15, -0.1) is 0 Å². The predicted molar refractivity (Wildman–Crippen MR) is 254 cm³/mol.